The Balaban J connectivity index is 1.38. The van der Waals surface area contributed by atoms with Gasteiger partial charge >= 0.3 is 6.03 Å². The van der Waals surface area contributed by atoms with Crippen molar-refractivity contribution in [1.29, 1.82) is 0 Å². The van der Waals surface area contributed by atoms with Crippen LogP contribution in [0.15, 0.2) is 0 Å². The first-order valence-corrected chi connectivity index (χ1v) is 13.1. The van der Waals surface area contributed by atoms with Gasteiger partial charge in [-0.05, 0) is 92.8 Å². The maximum atomic E-state index is 13.2. The monoisotopic (exact) mass is 429 g/mol. The van der Waals surface area contributed by atoms with Gasteiger partial charge in [-0.25, -0.2) is 4.79 Å². The topological polar surface area (TPSA) is 52.7 Å². The molecule has 5 fully saturated rings. The second-order valence-electron chi connectivity index (χ2n) is 12.0. The quantitative estimate of drug-likeness (QED) is 0.698. The summed E-state index contributed by atoms with van der Waals surface area (Å²) in [5.41, 5.74) is 0.534. The van der Waals surface area contributed by atoms with Crippen LogP contribution in [0.3, 0.4) is 0 Å². The van der Waals surface area contributed by atoms with Crippen LogP contribution in [0.1, 0.15) is 91.4 Å². The molecule has 5 heteroatoms. The van der Waals surface area contributed by atoms with Gasteiger partial charge in [0.05, 0.1) is 0 Å². The highest BCUT2D eigenvalue weighted by atomic mass is 16.2. The standard InChI is InChI=1S/C26H43N3O2/c1-5-16-27-24(31)29(17-6-7-17)22-11-9-19-18-8-10-21-25(2,15-13-23(30)28(21)4)20(18)12-14-26(19,22)3/h17-22H,5-16H2,1-4H3,(H,27,31)/t18-,19-,20-,21+,22-,25+,26-/m0/s1. The lowest BCUT2D eigenvalue weighted by Crippen LogP contribution is -2.62. The van der Waals surface area contributed by atoms with Crippen molar-refractivity contribution < 1.29 is 9.59 Å². The number of carbonyl (C=O) groups excluding carboxylic acids is 2. The molecular weight excluding hydrogens is 386 g/mol. The van der Waals surface area contributed by atoms with Crippen LogP contribution in [0.2, 0.25) is 0 Å². The van der Waals surface area contributed by atoms with E-state index in [1.807, 2.05) is 7.05 Å². The number of rotatable bonds is 4. The zero-order chi connectivity index (χ0) is 22.0. The van der Waals surface area contributed by atoms with Crippen molar-refractivity contribution in [2.45, 2.75) is 110 Å². The number of urea groups is 1. The Morgan fingerprint density at radius 2 is 1.77 bits per heavy atom. The Labute approximate surface area is 188 Å². The zero-order valence-electron chi connectivity index (χ0n) is 20.2. The molecule has 5 aliphatic rings. The molecule has 4 aliphatic carbocycles. The van der Waals surface area contributed by atoms with Crippen molar-refractivity contribution >= 4 is 11.9 Å². The summed E-state index contributed by atoms with van der Waals surface area (Å²) in [7, 11) is 2.05. The summed E-state index contributed by atoms with van der Waals surface area (Å²) < 4.78 is 0. The van der Waals surface area contributed by atoms with Crippen LogP contribution in [-0.2, 0) is 4.79 Å². The lowest BCUT2D eigenvalue weighted by atomic mass is 9.47. The van der Waals surface area contributed by atoms with Gasteiger partial charge in [-0.3, -0.25) is 4.79 Å². The first-order chi connectivity index (χ1) is 14.8. The molecule has 1 saturated heterocycles. The molecule has 3 amide bonds. The number of hydrogen-bond donors (Lipinski definition) is 1. The Bertz CT molecular complexity index is 736. The Morgan fingerprint density at radius 3 is 2.48 bits per heavy atom. The third-order valence-electron chi connectivity index (χ3n) is 10.5. The molecule has 0 bridgehead atoms. The number of piperidine rings is 1. The molecule has 0 spiro atoms. The summed E-state index contributed by atoms with van der Waals surface area (Å²) in [5.74, 6) is 2.59. The molecule has 1 heterocycles. The fourth-order valence-electron chi connectivity index (χ4n) is 8.82. The van der Waals surface area contributed by atoms with E-state index < -0.39 is 0 Å². The second kappa shape index (κ2) is 7.66. The molecule has 0 radical (unpaired) electrons. The van der Waals surface area contributed by atoms with E-state index in [0.717, 1.165) is 43.6 Å². The van der Waals surface area contributed by atoms with Gasteiger partial charge in [-0.2, -0.15) is 0 Å². The average molecular weight is 430 g/mol. The number of amides is 3. The van der Waals surface area contributed by atoms with Crippen molar-refractivity contribution in [2.24, 2.45) is 28.6 Å². The summed E-state index contributed by atoms with van der Waals surface area (Å²) in [6, 6.07) is 1.51. The predicted octanol–water partition coefficient (Wildman–Crippen LogP) is 4.80. The number of nitrogens with one attached hydrogen (secondary N) is 1. The zero-order valence-corrected chi connectivity index (χ0v) is 20.2. The predicted molar refractivity (Wildman–Crippen MR) is 123 cm³/mol. The highest BCUT2D eigenvalue weighted by Gasteiger charge is 2.62. The molecule has 0 aromatic carbocycles. The SMILES string of the molecule is CCCNC(=O)N(C1CC1)[C@H]1CC[C@H]2[C@@H]3CC[C@H]4N(C)C(=O)CC[C@]4(C)[C@H]3CC[C@]12C. The number of likely N-dealkylation sites (tertiary alicyclic amines) is 1. The van der Waals surface area contributed by atoms with Gasteiger partial charge in [-0.15, -0.1) is 0 Å². The van der Waals surface area contributed by atoms with Crippen molar-refractivity contribution in [2.75, 3.05) is 13.6 Å². The van der Waals surface area contributed by atoms with Gasteiger partial charge in [0.1, 0.15) is 0 Å². The number of hydrogen-bond acceptors (Lipinski definition) is 2. The van der Waals surface area contributed by atoms with Gasteiger partial charge in [-0.1, -0.05) is 20.8 Å². The molecule has 1 N–H and O–H groups in total. The van der Waals surface area contributed by atoms with E-state index in [4.69, 9.17) is 0 Å². The third-order valence-corrected chi connectivity index (χ3v) is 10.5. The molecule has 174 valence electrons. The molecular formula is C26H43N3O2. The highest BCUT2D eigenvalue weighted by Crippen LogP contribution is 2.65. The molecule has 1 aliphatic heterocycles. The van der Waals surface area contributed by atoms with Gasteiger partial charge in [0.25, 0.3) is 0 Å². The molecule has 7 atom stereocenters. The van der Waals surface area contributed by atoms with Crippen LogP contribution < -0.4 is 5.32 Å². The van der Waals surface area contributed by atoms with E-state index in [1.165, 1.54) is 51.4 Å². The second-order valence-corrected chi connectivity index (χ2v) is 12.0. The average Bonchev–Trinajstić information content (AvgIpc) is 3.52. The third kappa shape index (κ3) is 3.23. The van der Waals surface area contributed by atoms with E-state index in [9.17, 15) is 9.59 Å². The Kier molecular flexibility index (Phi) is 5.33. The van der Waals surface area contributed by atoms with E-state index in [2.05, 4.69) is 35.9 Å². The number of fused-ring (bicyclic) bond motifs is 5. The smallest absolute Gasteiger partial charge is 0.317 e. The van der Waals surface area contributed by atoms with Gasteiger partial charge in [0, 0.05) is 38.1 Å². The minimum Gasteiger partial charge on any atom is -0.342 e. The minimum absolute atomic E-state index is 0.196. The summed E-state index contributed by atoms with van der Waals surface area (Å²) in [6.45, 7) is 7.94. The summed E-state index contributed by atoms with van der Waals surface area (Å²) in [5, 5.41) is 3.20. The molecule has 0 aromatic rings. The molecule has 4 saturated carbocycles. The lowest BCUT2D eigenvalue weighted by Gasteiger charge is -2.62. The fraction of sp³-hybridized carbons (Fsp3) is 0.923. The minimum atomic E-state index is 0.196. The maximum Gasteiger partial charge on any atom is 0.317 e. The van der Waals surface area contributed by atoms with E-state index >= 15 is 0 Å². The van der Waals surface area contributed by atoms with Gasteiger partial charge < -0.3 is 15.1 Å². The number of carbonyl (C=O) groups is 2. The van der Waals surface area contributed by atoms with Crippen molar-refractivity contribution in [1.82, 2.24) is 15.1 Å². The summed E-state index contributed by atoms with van der Waals surface area (Å²) in [4.78, 5) is 29.9. The normalized spacial score (nSPS) is 44.3. The molecule has 31 heavy (non-hydrogen) atoms. The van der Waals surface area contributed by atoms with Crippen molar-refractivity contribution in [3.05, 3.63) is 0 Å². The summed E-state index contributed by atoms with van der Waals surface area (Å²) >= 11 is 0. The fourth-order valence-corrected chi connectivity index (χ4v) is 8.82. The van der Waals surface area contributed by atoms with E-state index in [0.29, 0.717) is 24.0 Å². The Morgan fingerprint density at radius 1 is 1.03 bits per heavy atom. The van der Waals surface area contributed by atoms with E-state index in [-0.39, 0.29) is 16.9 Å². The first-order valence-electron chi connectivity index (χ1n) is 13.1. The number of nitrogens with zero attached hydrogens (tertiary/aromatic N) is 2. The van der Waals surface area contributed by atoms with Crippen LogP contribution in [-0.4, -0.2) is 53.5 Å². The molecule has 5 nitrogen and oxygen atoms in total. The van der Waals surface area contributed by atoms with E-state index in [1.54, 1.807) is 0 Å². The highest BCUT2D eigenvalue weighted by molar-refractivity contribution is 5.77. The maximum absolute atomic E-state index is 13.2. The van der Waals surface area contributed by atoms with Crippen LogP contribution in [0.25, 0.3) is 0 Å². The Hall–Kier alpha value is -1.26. The van der Waals surface area contributed by atoms with Gasteiger partial charge in [0.2, 0.25) is 5.91 Å². The van der Waals surface area contributed by atoms with Crippen molar-refractivity contribution in [3.63, 3.8) is 0 Å². The largest absolute Gasteiger partial charge is 0.342 e. The van der Waals surface area contributed by atoms with Crippen LogP contribution in [0.5, 0.6) is 0 Å². The molecule has 0 unspecified atom stereocenters. The summed E-state index contributed by atoms with van der Waals surface area (Å²) in [6.07, 6.45) is 12.6. The lowest BCUT2D eigenvalue weighted by molar-refractivity contribution is -0.158. The van der Waals surface area contributed by atoms with Crippen LogP contribution in [0.4, 0.5) is 4.79 Å². The molecule has 0 aromatic heterocycles. The first kappa shape index (κ1) is 21.6. The van der Waals surface area contributed by atoms with Crippen molar-refractivity contribution in [3.8, 4) is 0 Å². The van der Waals surface area contributed by atoms with Crippen LogP contribution in [0, 0.1) is 28.6 Å². The van der Waals surface area contributed by atoms with Gasteiger partial charge in [0.15, 0.2) is 0 Å². The van der Waals surface area contributed by atoms with Crippen LogP contribution >= 0.6 is 0 Å². The molecule has 5 rings (SSSR count).